The van der Waals surface area contributed by atoms with E-state index in [1.165, 1.54) is 6.20 Å². The Morgan fingerprint density at radius 1 is 1.55 bits per heavy atom. The first-order valence-electron chi connectivity index (χ1n) is 2.74. The second-order valence-electron chi connectivity index (χ2n) is 1.84. The lowest BCUT2D eigenvalue weighted by atomic mass is 10.2. The predicted molar refractivity (Wildman–Crippen MR) is 43.6 cm³/mol. The van der Waals surface area contributed by atoms with Gasteiger partial charge in [0.25, 0.3) is 6.43 Å². The van der Waals surface area contributed by atoms with Crippen LogP contribution in [0.25, 0.3) is 0 Å². The smallest absolute Gasteiger partial charge is 0.267 e. The first kappa shape index (κ1) is 8.63. The maximum Gasteiger partial charge on any atom is 0.267 e. The van der Waals surface area contributed by atoms with Crippen molar-refractivity contribution < 1.29 is 13.9 Å². The van der Waals surface area contributed by atoms with E-state index in [1.54, 1.807) is 22.6 Å². The van der Waals surface area contributed by atoms with Crippen molar-refractivity contribution in [3.05, 3.63) is 21.5 Å². The second kappa shape index (κ2) is 3.29. The van der Waals surface area contributed by atoms with Gasteiger partial charge in [-0.2, -0.15) is 0 Å². The van der Waals surface area contributed by atoms with Crippen molar-refractivity contribution in [2.45, 2.75) is 6.43 Å². The normalized spacial score (nSPS) is 10.5. The van der Waals surface area contributed by atoms with Gasteiger partial charge in [-0.05, 0) is 28.7 Å². The van der Waals surface area contributed by atoms with Gasteiger partial charge in [-0.3, -0.25) is 0 Å². The summed E-state index contributed by atoms with van der Waals surface area (Å²) >= 11 is 1.69. The third kappa shape index (κ3) is 1.76. The van der Waals surface area contributed by atoms with E-state index in [0.29, 0.717) is 0 Å². The van der Waals surface area contributed by atoms with Crippen LogP contribution in [0.15, 0.2) is 12.3 Å². The van der Waals surface area contributed by atoms with Gasteiger partial charge in [-0.15, -0.1) is 0 Å². The van der Waals surface area contributed by atoms with Crippen molar-refractivity contribution in [3.8, 4) is 5.75 Å². The number of alkyl halides is 2. The molecule has 0 radical (unpaired) electrons. The zero-order valence-electron chi connectivity index (χ0n) is 5.26. The van der Waals surface area contributed by atoms with Gasteiger partial charge in [0.1, 0.15) is 3.70 Å². The van der Waals surface area contributed by atoms with Gasteiger partial charge < -0.3 is 5.11 Å². The highest BCUT2D eigenvalue weighted by molar-refractivity contribution is 14.1. The summed E-state index contributed by atoms with van der Waals surface area (Å²) in [6, 6.07) is 1.10. The van der Waals surface area contributed by atoms with Crippen LogP contribution < -0.4 is 0 Å². The van der Waals surface area contributed by atoms with Crippen molar-refractivity contribution >= 4 is 22.6 Å². The molecule has 0 aliphatic carbocycles. The van der Waals surface area contributed by atoms with E-state index in [-0.39, 0.29) is 9.26 Å². The molecule has 0 spiro atoms. The average molecular weight is 271 g/mol. The Balaban J connectivity index is 3.17. The van der Waals surface area contributed by atoms with Gasteiger partial charge in [0.05, 0.1) is 5.56 Å². The summed E-state index contributed by atoms with van der Waals surface area (Å²) in [5, 5.41) is 9.02. The fourth-order valence-corrected chi connectivity index (χ4v) is 1.09. The first-order valence-corrected chi connectivity index (χ1v) is 3.82. The van der Waals surface area contributed by atoms with Crippen molar-refractivity contribution in [3.63, 3.8) is 0 Å². The quantitative estimate of drug-likeness (QED) is 0.628. The summed E-state index contributed by atoms with van der Waals surface area (Å²) in [6.45, 7) is 0. The van der Waals surface area contributed by atoms with Gasteiger partial charge in [0.2, 0.25) is 0 Å². The molecule has 0 fully saturated rings. The first-order chi connectivity index (χ1) is 5.13. The van der Waals surface area contributed by atoms with E-state index >= 15 is 0 Å². The molecular formula is C6H4F2INO. The molecule has 60 valence electrons. The predicted octanol–water partition coefficient (Wildman–Crippen LogP) is 2.33. The van der Waals surface area contributed by atoms with Crippen LogP contribution in [0.5, 0.6) is 5.75 Å². The molecule has 1 heterocycles. The maximum absolute atomic E-state index is 12.0. The number of hydrogen-bond acceptors (Lipinski definition) is 2. The van der Waals surface area contributed by atoms with E-state index in [2.05, 4.69) is 4.98 Å². The van der Waals surface area contributed by atoms with Gasteiger partial charge in [0.15, 0.2) is 5.75 Å². The van der Waals surface area contributed by atoms with Crippen LogP contribution in [-0.2, 0) is 0 Å². The summed E-state index contributed by atoms with van der Waals surface area (Å²) in [7, 11) is 0. The van der Waals surface area contributed by atoms with E-state index in [0.717, 1.165) is 6.07 Å². The number of halogens is 3. The van der Waals surface area contributed by atoms with Crippen LogP contribution in [0, 0.1) is 3.70 Å². The molecule has 0 saturated heterocycles. The highest BCUT2D eigenvalue weighted by atomic mass is 127. The Morgan fingerprint density at radius 2 is 2.18 bits per heavy atom. The molecule has 0 aromatic carbocycles. The molecule has 1 aromatic heterocycles. The minimum Gasteiger partial charge on any atom is -0.505 e. The highest BCUT2D eigenvalue weighted by Gasteiger charge is 2.14. The van der Waals surface area contributed by atoms with Crippen LogP contribution in [0.1, 0.15) is 12.0 Å². The van der Waals surface area contributed by atoms with E-state index < -0.39 is 12.2 Å². The molecule has 0 saturated carbocycles. The molecule has 1 aromatic rings. The zero-order valence-corrected chi connectivity index (χ0v) is 7.42. The van der Waals surface area contributed by atoms with Crippen LogP contribution >= 0.6 is 22.6 Å². The SMILES string of the molecule is Oc1c(C(F)F)ccnc1I. The molecule has 1 N–H and O–H groups in total. The standard InChI is InChI=1S/C6H4F2INO/c7-5(8)3-1-2-10-6(9)4(3)11/h1-2,5,11H. The third-order valence-electron chi connectivity index (χ3n) is 1.15. The topological polar surface area (TPSA) is 33.1 Å². The Morgan fingerprint density at radius 3 is 2.64 bits per heavy atom. The van der Waals surface area contributed by atoms with Gasteiger partial charge in [-0.25, -0.2) is 13.8 Å². The number of pyridine rings is 1. The molecule has 0 amide bonds. The van der Waals surface area contributed by atoms with Crippen LogP contribution in [0.4, 0.5) is 8.78 Å². The monoisotopic (exact) mass is 271 g/mol. The Labute approximate surface area is 75.4 Å². The van der Waals surface area contributed by atoms with Crippen molar-refractivity contribution in [1.29, 1.82) is 0 Å². The van der Waals surface area contributed by atoms with Gasteiger partial charge in [-0.1, -0.05) is 0 Å². The minimum atomic E-state index is -2.65. The van der Waals surface area contributed by atoms with Crippen LogP contribution in [0.2, 0.25) is 0 Å². The number of nitrogens with zero attached hydrogens (tertiary/aromatic N) is 1. The van der Waals surface area contributed by atoms with E-state index in [4.69, 9.17) is 5.11 Å². The third-order valence-corrected chi connectivity index (χ3v) is 1.94. The molecule has 0 atom stereocenters. The van der Waals surface area contributed by atoms with E-state index in [1.807, 2.05) is 0 Å². The lowest BCUT2D eigenvalue weighted by Crippen LogP contribution is -1.89. The van der Waals surface area contributed by atoms with Crippen molar-refractivity contribution in [2.75, 3.05) is 0 Å². The Bertz CT molecular complexity index is 267. The lowest BCUT2D eigenvalue weighted by Gasteiger charge is -2.02. The van der Waals surface area contributed by atoms with Crippen LogP contribution in [-0.4, -0.2) is 10.1 Å². The number of aromatic nitrogens is 1. The summed E-state index contributed by atoms with van der Waals surface area (Å²) in [5.41, 5.74) is -0.371. The molecule has 11 heavy (non-hydrogen) atoms. The molecule has 2 nitrogen and oxygen atoms in total. The molecular weight excluding hydrogens is 267 g/mol. The number of aromatic hydroxyl groups is 1. The van der Waals surface area contributed by atoms with Crippen LogP contribution in [0.3, 0.4) is 0 Å². The fraction of sp³-hybridized carbons (Fsp3) is 0.167. The Kier molecular flexibility index (Phi) is 2.58. The maximum atomic E-state index is 12.0. The summed E-state index contributed by atoms with van der Waals surface area (Å²) < 4.78 is 24.2. The molecule has 5 heteroatoms. The number of hydrogen-bond donors (Lipinski definition) is 1. The molecule has 0 aliphatic heterocycles. The summed E-state index contributed by atoms with van der Waals surface area (Å²) in [6.07, 6.45) is -1.41. The molecule has 0 unspecified atom stereocenters. The number of rotatable bonds is 1. The van der Waals surface area contributed by atoms with Crippen molar-refractivity contribution in [2.24, 2.45) is 0 Å². The molecule has 0 aliphatic rings. The summed E-state index contributed by atoms with van der Waals surface area (Å²) in [4.78, 5) is 3.63. The lowest BCUT2D eigenvalue weighted by molar-refractivity contribution is 0.147. The Hall–Kier alpha value is -0.460. The largest absolute Gasteiger partial charge is 0.505 e. The summed E-state index contributed by atoms with van der Waals surface area (Å²) in [5.74, 6) is -0.428. The van der Waals surface area contributed by atoms with Crippen molar-refractivity contribution in [1.82, 2.24) is 4.98 Å². The highest BCUT2D eigenvalue weighted by Crippen LogP contribution is 2.29. The fourth-order valence-electron chi connectivity index (χ4n) is 0.618. The second-order valence-corrected chi connectivity index (χ2v) is 2.86. The minimum absolute atomic E-state index is 0.195. The van der Waals surface area contributed by atoms with E-state index in [9.17, 15) is 8.78 Å². The van der Waals surface area contributed by atoms with Gasteiger partial charge in [0, 0.05) is 6.20 Å². The molecule has 1 rings (SSSR count). The molecule has 0 bridgehead atoms. The van der Waals surface area contributed by atoms with Gasteiger partial charge >= 0.3 is 0 Å². The zero-order chi connectivity index (χ0) is 8.43. The average Bonchev–Trinajstić information content (AvgIpc) is 1.94.